The first kappa shape index (κ1) is 16.1. The molecule has 1 aromatic carbocycles. The normalized spacial score (nSPS) is 13.2. The van der Waals surface area contributed by atoms with Crippen LogP contribution in [0.4, 0.5) is 5.69 Å². The summed E-state index contributed by atoms with van der Waals surface area (Å²) in [6.07, 6.45) is 4.70. The minimum Gasteiger partial charge on any atom is -0.497 e. The third-order valence-corrected chi connectivity index (χ3v) is 4.73. The highest BCUT2D eigenvalue weighted by Crippen LogP contribution is 2.36. The maximum absolute atomic E-state index is 13.2. The average molecular weight is 371 g/mol. The van der Waals surface area contributed by atoms with Crippen LogP contribution >= 0.6 is 0 Å². The third-order valence-electron chi connectivity index (χ3n) is 4.73. The Morgan fingerprint density at radius 2 is 1.75 bits per heavy atom. The van der Waals surface area contributed by atoms with E-state index in [0.29, 0.717) is 33.7 Å². The summed E-state index contributed by atoms with van der Waals surface area (Å²) in [5, 5.41) is 7.65. The molecule has 136 valence electrons. The van der Waals surface area contributed by atoms with Gasteiger partial charge in [-0.1, -0.05) is 0 Å². The molecule has 8 nitrogen and oxygen atoms in total. The van der Waals surface area contributed by atoms with Gasteiger partial charge in [-0.3, -0.25) is 19.7 Å². The first-order chi connectivity index (χ1) is 13.7. The Balaban J connectivity index is 1.69. The fourth-order valence-corrected chi connectivity index (χ4v) is 3.39. The zero-order valence-corrected chi connectivity index (χ0v) is 14.7. The van der Waals surface area contributed by atoms with Gasteiger partial charge in [-0.2, -0.15) is 5.10 Å². The molecular weight excluding hydrogens is 358 g/mol. The van der Waals surface area contributed by atoms with Crippen molar-refractivity contribution in [1.82, 2.24) is 20.2 Å². The molecule has 0 radical (unpaired) electrons. The number of rotatable bonds is 3. The number of pyridine rings is 2. The van der Waals surface area contributed by atoms with Gasteiger partial charge in [-0.15, -0.1) is 0 Å². The first-order valence-electron chi connectivity index (χ1n) is 8.49. The van der Waals surface area contributed by atoms with Crippen molar-refractivity contribution in [2.24, 2.45) is 0 Å². The summed E-state index contributed by atoms with van der Waals surface area (Å²) in [5.74, 6) is -0.185. The number of ether oxygens (including phenoxy) is 1. The van der Waals surface area contributed by atoms with Crippen LogP contribution in [-0.2, 0) is 0 Å². The number of fused-ring (bicyclic) bond motifs is 3. The molecule has 2 amide bonds. The highest BCUT2D eigenvalue weighted by atomic mass is 16.5. The first-order valence-corrected chi connectivity index (χ1v) is 8.49. The number of benzene rings is 1. The fraction of sp³-hybridized carbons (Fsp3) is 0.0500. The number of carbonyl (C=O) groups is 2. The number of nitrogens with zero attached hydrogens (tertiary/aromatic N) is 4. The second-order valence-corrected chi connectivity index (χ2v) is 6.22. The third kappa shape index (κ3) is 2.21. The van der Waals surface area contributed by atoms with Crippen LogP contribution in [0.1, 0.15) is 20.7 Å². The molecule has 3 aromatic heterocycles. The van der Waals surface area contributed by atoms with Gasteiger partial charge in [0.05, 0.1) is 35.0 Å². The van der Waals surface area contributed by atoms with E-state index >= 15 is 0 Å². The summed E-state index contributed by atoms with van der Waals surface area (Å²) in [6, 6.07) is 10.3. The number of hydrogen-bond acceptors (Lipinski definition) is 6. The SMILES string of the molecule is COc1ccc(N2C(=O)c3cnc4n[nH]c(-c5ccncc5)c4c3C2=O)cc1. The quantitative estimate of drug-likeness (QED) is 0.556. The Labute approximate surface area is 158 Å². The predicted octanol–water partition coefficient (Wildman–Crippen LogP) is 2.83. The Morgan fingerprint density at radius 1 is 1.00 bits per heavy atom. The van der Waals surface area contributed by atoms with E-state index in [1.807, 2.05) is 0 Å². The zero-order chi connectivity index (χ0) is 19.3. The predicted molar refractivity (Wildman–Crippen MR) is 101 cm³/mol. The number of methoxy groups -OCH3 is 1. The molecule has 0 aliphatic carbocycles. The molecule has 0 saturated heterocycles. The van der Waals surface area contributed by atoms with E-state index in [-0.39, 0.29) is 5.56 Å². The number of aromatic nitrogens is 4. The summed E-state index contributed by atoms with van der Waals surface area (Å²) in [4.78, 5) is 35.6. The summed E-state index contributed by atoms with van der Waals surface area (Å²) < 4.78 is 5.14. The second kappa shape index (κ2) is 5.98. The van der Waals surface area contributed by atoms with E-state index in [2.05, 4.69) is 20.2 Å². The van der Waals surface area contributed by atoms with Crippen LogP contribution in [0.3, 0.4) is 0 Å². The fourth-order valence-electron chi connectivity index (χ4n) is 3.39. The number of amides is 2. The van der Waals surface area contributed by atoms with Crippen molar-refractivity contribution < 1.29 is 14.3 Å². The summed E-state index contributed by atoms with van der Waals surface area (Å²) >= 11 is 0. The van der Waals surface area contributed by atoms with Gasteiger partial charge in [0.15, 0.2) is 5.65 Å². The highest BCUT2D eigenvalue weighted by Gasteiger charge is 2.40. The molecule has 8 heteroatoms. The maximum atomic E-state index is 13.2. The minimum atomic E-state index is -0.415. The molecule has 28 heavy (non-hydrogen) atoms. The largest absolute Gasteiger partial charge is 0.497 e. The molecule has 4 heterocycles. The second-order valence-electron chi connectivity index (χ2n) is 6.22. The van der Waals surface area contributed by atoms with Crippen LogP contribution in [0.15, 0.2) is 55.0 Å². The molecule has 1 aliphatic rings. The van der Waals surface area contributed by atoms with Crippen LogP contribution in [0.25, 0.3) is 22.3 Å². The van der Waals surface area contributed by atoms with Crippen molar-refractivity contribution in [3.8, 4) is 17.0 Å². The Morgan fingerprint density at radius 3 is 2.46 bits per heavy atom. The number of H-pyrrole nitrogens is 1. The monoisotopic (exact) mass is 371 g/mol. The van der Waals surface area contributed by atoms with E-state index < -0.39 is 11.8 Å². The maximum Gasteiger partial charge on any atom is 0.267 e. The van der Waals surface area contributed by atoms with Gasteiger partial charge in [0, 0.05) is 24.2 Å². The van der Waals surface area contributed by atoms with Gasteiger partial charge < -0.3 is 4.74 Å². The van der Waals surface area contributed by atoms with Crippen LogP contribution < -0.4 is 9.64 Å². The molecule has 4 aromatic rings. The van der Waals surface area contributed by atoms with Gasteiger partial charge in [0.2, 0.25) is 0 Å². The smallest absolute Gasteiger partial charge is 0.267 e. The average Bonchev–Trinajstić information content (AvgIpc) is 3.28. The number of anilines is 1. The molecule has 0 saturated carbocycles. The van der Waals surface area contributed by atoms with Crippen molar-refractivity contribution in [2.45, 2.75) is 0 Å². The number of hydrogen-bond donors (Lipinski definition) is 1. The lowest BCUT2D eigenvalue weighted by atomic mass is 10.0. The molecule has 0 spiro atoms. The lowest BCUT2D eigenvalue weighted by Crippen LogP contribution is -2.29. The van der Waals surface area contributed by atoms with Crippen molar-refractivity contribution >= 4 is 28.5 Å². The van der Waals surface area contributed by atoms with Crippen LogP contribution in [0.2, 0.25) is 0 Å². The lowest BCUT2D eigenvalue weighted by molar-refractivity contribution is 0.0926. The standard InChI is InChI=1S/C20H13N5O3/c1-28-13-4-2-12(3-5-13)25-19(26)14-10-22-18-16(15(14)20(25)27)17(23-24-18)11-6-8-21-9-7-11/h2-10H,1H3,(H,22,23,24). The molecule has 0 fully saturated rings. The van der Waals surface area contributed by atoms with Crippen LogP contribution in [0, 0.1) is 0 Å². The van der Waals surface area contributed by atoms with Gasteiger partial charge in [0.1, 0.15) is 5.75 Å². The van der Waals surface area contributed by atoms with Crippen molar-refractivity contribution in [1.29, 1.82) is 0 Å². The Hall–Kier alpha value is -4.07. The van der Waals surface area contributed by atoms with E-state index in [1.54, 1.807) is 55.9 Å². The molecular formula is C20H13N5O3. The Kier molecular flexibility index (Phi) is 3.45. The van der Waals surface area contributed by atoms with Crippen molar-refractivity contribution in [3.63, 3.8) is 0 Å². The molecule has 0 unspecified atom stereocenters. The van der Waals surface area contributed by atoms with Gasteiger partial charge in [-0.25, -0.2) is 9.88 Å². The van der Waals surface area contributed by atoms with E-state index in [1.165, 1.54) is 6.20 Å². The molecule has 5 rings (SSSR count). The number of imide groups is 1. The number of aromatic amines is 1. The number of carbonyl (C=O) groups excluding carboxylic acids is 2. The zero-order valence-electron chi connectivity index (χ0n) is 14.7. The highest BCUT2D eigenvalue weighted by molar-refractivity contribution is 6.38. The molecule has 0 atom stereocenters. The van der Waals surface area contributed by atoms with E-state index in [4.69, 9.17) is 4.74 Å². The van der Waals surface area contributed by atoms with Gasteiger partial charge >= 0.3 is 0 Å². The molecule has 1 aliphatic heterocycles. The minimum absolute atomic E-state index is 0.255. The topological polar surface area (TPSA) is 101 Å². The van der Waals surface area contributed by atoms with E-state index in [0.717, 1.165) is 10.5 Å². The van der Waals surface area contributed by atoms with Crippen molar-refractivity contribution in [3.05, 3.63) is 66.1 Å². The molecule has 1 N–H and O–H groups in total. The Bertz CT molecular complexity index is 1230. The number of nitrogens with one attached hydrogen (secondary N) is 1. The molecule has 0 bridgehead atoms. The van der Waals surface area contributed by atoms with Gasteiger partial charge in [0.25, 0.3) is 11.8 Å². The van der Waals surface area contributed by atoms with E-state index in [9.17, 15) is 9.59 Å². The summed E-state index contributed by atoms with van der Waals surface area (Å²) in [6.45, 7) is 0. The lowest BCUT2D eigenvalue weighted by Gasteiger charge is -2.14. The van der Waals surface area contributed by atoms with Crippen molar-refractivity contribution in [2.75, 3.05) is 12.0 Å². The van der Waals surface area contributed by atoms with Gasteiger partial charge in [-0.05, 0) is 36.4 Å². The van der Waals surface area contributed by atoms with Crippen LogP contribution in [-0.4, -0.2) is 39.1 Å². The van der Waals surface area contributed by atoms with Crippen LogP contribution in [0.5, 0.6) is 5.75 Å². The summed E-state index contributed by atoms with van der Waals surface area (Å²) in [5.41, 5.74) is 2.82. The summed E-state index contributed by atoms with van der Waals surface area (Å²) in [7, 11) is 1.55.